The summed E-state index contributed by atoms with van der Waals surface area (Å²) in [6.45, 7) is 13.9. The molecule has 1 rings (SSSR count). The second-order valence-corrected chi connectivity index (χ2v) is 7.21. The van der Waals surface area contributed by atoms with Gasteiger partial charge in [0.25, 0.3) is 6.41 Å². The minimum absolute atomic E-state index is 0.378. The molecule has 0 saturated carbocycles. The van der Waals surface area contributed by atoms with Crippen molar-refractivity contribution in [1.82, 2.24) is 0 Å². The quantitative estimate of drug-likeness (QED) is 0.209. The summed E-state index contributed by atoms with van der Waals surface area (Å²) in [5, 5.41) is 13.3. The Kier molecular flexibility index (Phi) is 11.2. The van der Waals surface area contributed by atoms with Crippen LogP contribution in [0.4, 0.5) is 5.69 Å². The summed E-state index contributed by atoms with van der Waals surface area (Å²) in [5.74, 6) is 1.07. The monoisotopic (exact) mass is 429 g/mol. The largest absolute Gasteiger partial charge is 0.501 e. The zero-order chi connectivity index (χ0) is 22.5. The molecule has 0 heterocycles. The molecular weight excluding hydrogens is 398 g/mol. The van der Waals surface area contributed by atoms with E-state index in [0.29, 0.717) is 35.9 Å². The normalized spacial score (nSPS) is 13.7. The third kappa shape index (κ3) is 8.24. The second kappa shape index (κ2) is 13.4. The van der Waals surface area contributed by atoms with Crippen LogP contribution in [0.2, 0.25) is 0 Å². The Morgan fingerprint density at radius 2 is 1.97 bits per heavy atom. The van der Waals surface area contributed by atoms with E-state index in [2.05, 4.69) is 25.1 Å². The van der Waals surface area contributed by atoms with Crippen LogP contribution in [0.15, 0.2) is 90.4 Å². The van der Waals surface area contributed by atoms with Crippen LogP contribution in [0.25, 0.3) is 4.91 Å². The maximum atomic E-state index is 10.3. The van der Waals surface area contributed by atoms with Crippen molar-refractivity contribution in [3.05, 3.63) is 96.0 Å². The van der Waals surface area contributed by atoms with E-state index in [1.165, 1.54) is 17.8 Å². The van der Waals surface area contributed by atoms with Gasteiger partial charge in [-0.3, -0.25) is 0 Å². The highest BCUT2D eigenvalue weighted by Gasteiger charge is 2.13. The molecule has 30 heavy (non-hydrogen) atoms. The molecule has 6 N–H and O–H groups in total. The number of nitrogens with two attached hydrogens (primary N) is 2. The van der Waals surface area contributed by atoms with Gasteiger partial charge in [0, 0.05) is 33.2 Å². The fourth-order valence-electron chi connectivity index (χ4n) is 2.27. The van der Waals surface area contributed by atoms with E-state index in [0.717, 1.165) is 15.4 Å². The van der Waals surface area contributed by atoms with Crippen LogP contribution in [0.1, 0.15) is 18.9 Å². The van der Waals surface area contributed by atoms with Gasteiger partial charge < -0.3 is 31.4 Å². The molecule has 6 nitrogen and oxygen atoms in total. The maximum Gasteiger partial charge on any atom is 0.279 e. The molecule has 0 aliphatic rings. The third-order valence-electron chi connectivity index (χ3n) is 3.91. The first-order valence-corrected chi connectivity index (χ1v) is 10.1. The van der Waals surface area contributed by atoms with Crippen LogP contribution >= 0.6 is 11.8 Å². The van der Waals surface area contributed by atoms with E-state index < -0.39 is 6.41 Å². The van der Waals surface area contributed by atoms with Crippen molar-refractivity contribution < 1.29 is 14.6 Å². The van der Waals surface area contributed by atoms with Crippen molar-refractivity contribution in [2.24, 2.45) is 11.5 Å². The third-order valence-corrected chi connectivity index (χ3v) is 5.02. The Morgan fingerprint density at radius 3 is 2.57 bits per heavy atom. The zero-order valence-corrected chi connectivity index (χ0v) is 18.4. The summed E-state index contributed by atoms with van der Waals surface area (Å²) in [4.78, 5) is 1.53. The number of allylic oxidation sites excluding steroid dienone is 5. The molecule has 0 radical (unpaired) electrons. The second-order valence-electron chi connectivity index (χ2n) is 6.07. The van der Waals surface area contributed by atoms with Gasteiger partial charge in [0.05, 0.1) is 12.9 Å². The fourth-order valence-corrected chi connectivity index (χ4v) is 3.14. The first-order chi connectivity index (χ1) is 14.4. The number of methoxy groups -OCH3 is 1. The topological polar surface area (TPSA) is 103 Å². The van der Waals surface area contributed by atoms with Crippen LogP contribution in [0.3, 0.4) is 0 Å². The SMILES string of the molecule is C=C/C(SC(=C)c1ccccc1NC(O)O/C(C=C)=C/C=C(\C)OC)=C(/N)CCN. The predicted molar refractivity (Wildman–Crippen MR) is 128 cm³/mol. The molecule has 0 amide bonds. The van der Waals surface area contributed by atoms with Crippen LogP contribution in [0.5, 0.6) is 0 Å². The minimum Gasteiger partial charge on any atom is -0.501 e. The summed E-state index contributed by atoms with van der Waals surface area (Å²) < 4.78 is 10.6. The van der Waals surface area contributed by atoms with Gasteiger partial charge >= 0.3 is 0 Å². The lowest BCUT2D eigenvalue weighted by molar-refractivity contribution is -0.0373. The first-order valence-electron chi connectivity index (χ1n) is 9.29. The lowest BCUT2D eigenvalue weighted by Gasteiger charge is -2.19. The number of hydrogen-bond donors (Lipinski definition) is 4. The number of rotatable bonds is 13. The molecule has 0 saturated heterocycles. The number of anilines is 1. The van der Waals surface area contributed by atoms with E-state index in [1.807, 2.05) is 24.3 Å². The van der Waals surface area contributed by atoms with E-state index >= 15 is 0 Å². The Labute approximate surface area is 183 Å². The molecule has 1 aromatic carbocycles. The average molecular weight is 430 g/mol. The molecule has 0 fully saturated rings. The summed E-state index contributed by atoms with van der Waals surface area (Å²) in [7, 11) is 1.57. The van der Waals surface area contributed by atoms with Crippen molar-refractivity contribution in [3.63, 3.8) is 0 Å². The van der Waals surface area contributed by atoms with E-state index in [-0.39, 0.29) is 0 Å². The first kappa shape index (κ1) is 25.2. The molecule has 1 aromatic rings. The maximum absolute atomic E-state index is 10.3. The molecule has 1 unspecified atom stereocenters. The van der Waals surface area contributed by atoms with Crippen LogP contribution in [0, 0.1) is 0 Å². The number of aliphatic hydroxyl groups excluding tert-OH is 1. The van der Waals surface area contributed by atoms with Gasteiger partial charge in [-0.25, -0.2) is 0 Å². The highest BCUT2D eigenvalue weighted by Crippen LogP contribution is 2.37. The van der Waals surface area contributed by atoms with Gasteiger partial charge in [-0.1, -0.05) is 55.8 Å². The van der Waals surface area contributed by atoms with Gasteiger partial charge in [-0.15, -0.1) is 0 Å². The van der Waals surface area contributed by atoms with Crippen molar-refractivity contribution in [3.8, 4) is 0 Å². The Balaban J connectivity index is 2.98. The highest BCUT2D eigenvalue weighted by molar-refractivity contribution is 8.11. The van der Waals surface area contributed by atoms with Crippen LogP contribution in [-0.4, -0.2) is 25.2 Å². The standard InChI is InChI=1S/C23H31N3O3S/c1-6-18(13-12-16(3)28-5)29-23(27)26-21-11-9-8-10-19(21)17(4)30-22(7-2)20(25)14-15-24/h6-13,23,26-27H,1-2,4,14-15,24-25H2,3,5H3/b16-12+,18-13+,22-20-. The van der Waals surface area contributed by atoms with Gasteiger partial charge in [0.15, 0.2) is 0 Å². The fraction of sp³-hybridized carbons (Fsp3) is 0.217. The Morgan fingerprint density at radius 1 is 1.27 bits per heavy atom. The summed E-state index contributed by atoms with van der Waals surface area (Å²) in [5.41, 5.74) is 13.8. The summed E-state index contributed by atoms with van der Waals surface area (Å²) in [6, 6.07) is 7.44. The molecule has 162 valence electrons. The van der Waals surface area contributed by atoms with Crippen molar-refractivity contribution in [1.29, 1.82) is 0 Å². The Bertz CT molecular complexity index is 844. The number of para-hydroxylation sites is 1. The number of hydrogen-bond acceptors (Lipinski definition) is 7. The van der Waals surface area contributed by atoms with Crippen molar-refractivity contribution in [2.75, 3.05) is 19.0 Å². The number of aliphatic hydroxyl groups is 1. The molecule has 0 aliphatic heterocycles. The molecule has 1 atom stereocenters. The lowest BCUT2D eigenvalue weighted by atomic mass is 10.2. The molecule has 0 bridgehead atoms. The average Bonchev–Trinajstić information content (AvgIpc) is 2.74. The van der Waals surface area contributed by atoms with Gasteiger partial charge in [-0.2, -0.15) is 0 Å². The number of nitrogens with one attached hydrogen (secondary N) is 1. The van der Waals surface area contributed by atoms with Gasteiger partial charge in [0.2, 0.25) is 0 Å². The van der Waals surface area contributed by atoms with E-state index in [1.54, 1.807) is 32.3 Å². The molecule has 0 aromatic heterocycles. The summed E-state index contributed by atoms with van der Waals surface area (Å²) >= 11 is 1.39. The minimum atomic E-state index is -1.30. The van der Waals surface area contributed by atoms with Gasteiger partial charge in [0.1, 0.15) is 5.76 Å². The smallest absolute Gasteiger partial charge is 0.279 e. The number of ether oxygens (including phenoxy) is 2. The summed E-state index contributed by atoms with van der Waals surface area (Å²) in [6.07, 6.45) is 5.81. The van der Waals surface area contributed by atoms with Crippen molar-refractivity contribution in [2.45, 2.75) is 19.8 Å². The lowest BCUT2D eigenvalue weighted by Crippen LogP contribution is -2.22. The highest BCUT2D eigenvalue weighted by atomic mass is 32.2. The molecule has 0 aliphatic carbocycles. The van der Waals surface area contributed by atoms with Crippen LogP contribution in [-0.2, 0) is 9.47 Å². The number of benzene rings is 1. The van der Waals surface area contributed by atoms with Crippen molar-refractivity contribution >= 4 is 22.4 Å². The molecule has 0 spiro atoms. The number of thioether (sulfide) groups is 1. The van der Waals surface area contributed by atoms with E-state index in [4.69, 9.17) is 20.9 Å². The van der Waals surface area contributed by atoms with Gasteiger partial charge in [-0.05, 0) is 37.8 Å². The Hall–Kier alpha value is -2.87. The van der Waals surface area contributed by atoms with E-state index in [9.17, 15) is 5.11 Å². The zero-order valence-electron chi connectivity index (χ0n) is 17.6. The molecule has 7 heteroatoms. The molecular formula is C23H31N3O3S. The predicted octanol–water partition coefficient (Wildman–Crippen LogP) is 4.42. The van der Waals surface area contributed by atoms with Crippen LogP contribution < -0.4 is 16.8 Å².